The minimum absolute atomic E-state index is 0.0452. The summed E-state index contributed by atoms with van der Waals surface area (Å²) < 4.78 is 42.7. The van der Waals surface area contributed by atoms with E-state index in [4.69, 9.17) is 4.84 Å². The van der Waals surface area contributed by atoms with Crippen molar-refractivity contribution in [3.05, 3.63) is 65.5 Å². The lowest BCUT2D eigenvalue weighted by molar-refractivity contribution is -0.0275. The molecule has 8 nitrogen and oxygen atoms in total. The van der Waals surface area contributed by atoms with Crippen LogP contribution in [-0.4, -0.2) is 43.8 Å². The SMILES string of the molecule is CC(C)CN(/N=C/C1=CCON(O)c2ccccc21)C1=NS(=O)(=O)c2ccc(F)cc21. The van der Waals surface area contributed by atoms with Gasteiger partial charge in [0.25, 0.3) is 10.0 Å². The second kappa shape index (κ2) is 8.22. The molecule has 0 radical (unpaired) electrons. The largest absolute Gasteiger partial charge is 0.285 e. The van der Waals surface area contributed by atoms with Crippen LogP contribution < -0.4 is 5.23 Å². The van der Waals surface area contributed by atoms with Crippen molar-refractivity contribution in [3.63, 3.8) is 0 Å². The van der Waals surface area contributed by atoms with Crippen LogP contribution in [0, 0.1) is 11.7 Å². The molecule has 0 atom stereocenters. The van der Waals surface area contributed by atoms with E-state index in [1.54, 1.807) is 30.5 Å². The first-order valence-electron chi connectivity index (χ1n) is 9.64. The monoisotopic (exact) mass is 444 g/mol. The van der Waals surface area contributed by atoms with E-state index in [2.05, 4.69) is 9.50 Å². The van der Waals surface area contributed by atoms with Crippen LogP contribution in [0.4, 0.5) is 10.1 Å². The number of anilines is 1. The van der Waals surface area contributed by atoms with Gasteiger partial charge in [-0.25, -0.2) is 14.2 Å². The van der Waals surface area contributed by atoms with Crippen molar-refractivity contribution in [3.8, 4) is 0 Å². The highest BCUT2D eigenvalue weighted by Crippen LogP contribution is 2.30. The molecule has 2 aliphatic heterocycles. The number of fused-ring (bicyclic) bond motifs is 2. The highest BCUT2D eigenvalue weighted by atomic mass is 32.2. The first-order chi connectivity index (χ1) is 14.8. The van der Waals surface area contributed by atoms with Gasteiger partial charge in [0.2, 0.25) is 0 Å². The van der Waals surface area contributed by atoms with Gasteiger partial charge in [-0.15, -0.1) is 9.62 Å². The Morgan fingerprint density at radius 3 is 2.84 bits per heavy atom. The second-order valence-corrected chi connectivity index (χ2v) is 9.07. The molecule has 2 aromatic carbocycles. The molecule has 2 heterocycles. The molecule has 0 aliphatic carbocycles. The number of hydrogen-bond donors (Lipinski definition) is 1. The summed E-state index contributed by atoms with van der Waals surface area (Å²) in [5.74, 6) is -0.369. The average Bonchev–Trinajstić information content (AvgIpc) is 2.87. The number of halogens is 1. The third kappa shape index (κ3) is 4.22. The maximum atomic E-state index is 13.9. The summed E-state index contributed by atoms with van der Waals surface area (Å²) in [7, 11) is -3.93. The molecule has 2 aromatic rings. The highest BCUT2D eigenvalue weighted by Gasteiger charge is 2.32. The molecule has 0 amide bonds. The van der Waals surface area contributed by atoms with Crippen LogP contribution in [0.15, 0.2) is 62.9 Å². The number of nitrogens with zero attached hydrogens (tertiary/aromatic N) is 4. The van der Waals surface area contributed by atoms with Crippen LogP contribution in [0.2, 0.25) is 0 Å². The van der Waals surface area contributed by atoms with Crippen LogP contribution in [-0.2, 0) is 14.9 Å². The van der Waals surface area contributed by atoms with Crippen LogP contribution in [0.3, 0.4) is 0 Å². The summed E-state index contributed by atoms with van der Waals surface area (Å²) in [6.45, 7) is 4.38. The summed E-state index contributed by atoms with van der Waals surface area (Å²) in [4.78, 5) is 5.16. The van der Waals surface area contributed by atoms with E-state index in [1.807, 2.05) is 19.9 Å². The molecule has 0 fully saturated rings. The van der Waals surface area contributed by atoms with Crippen LogP contribution in [0.25, 0.3) is 5.57 Å². The summed E-state index contributed by atoms with van der Waals surface area (Å²) in [5, 5.41) is 16.7. The van der Waals surface area contributed by atoms with Crippen LogP contribution in [0.1, 0.15) is 25.0 Å². The molecule has 0 saturated heterocycles. The number of sulfonamides is 1. The van der Waals surface area contributed by atoms with Gasteiger partial charge in [0.15, 0.2) is 5.84 Å². The van der Waals surface area contributed by atoms with Crippen molar-refractivity contribution in [2.75, 3.05) is 18.4 Å². The number of rotatable bonds is 4. The summed E-state index contributed by atoms with van der Waals surface area (Å²) in [5.41, 5.74) is 1.98. The molecule has 0 bridgehead atoms. The number of para-hydroxylation sites is 1. The summed E-state index contributed by atoms with van der Waals surface area (Å²) in [6, 6.07) is 10.5. The molecule has 0 unspecified atom stereocenters. The first kappa shape index (κ1) is 21.2. The number of allylic oxidation sites excluding steroid dienone is 1. The lowest BCUT2D eigenvalue weighted by Crippen LogP contribution is -2.29. The summed E-state index contributed by atoms with van der Waals surface area (Å²) >= 11 is 0. The normalized spacial score (nSPS) is 17.3. The zero-order valence-corrected chi connectivity index (χ0v) is 17.8. The van der Waals surface area contributed by atoms with E-state index in [-0.39, 0.29) is 28.8 Å². The quantitative estimate of drug-likeness (QED) is 0.573. The number of amidine groups is 1. The van der Waals surface area contributed by atoms with Gasteiger partial charge in [0, 0.05) is 23.2 Å². The smallest absolute Gasteiger partial charge is 0.264 e. The zero-order valence-electron chi connectivity index (χ0n) is 16.9. The Labute approximate surface area is 179 Å². The van der Waals surface area contributed by atoms with Crippen LogP contribution in [0.5, 0.6) is 0 Å². The van der Waals surface area contributed by atoms with Crippen molar-refractivity contribution in [2.45, 2.75) is 18.7 Å². The fourth-order valence-electron chi connectivity index (χ4n) is 3.35. The van der Waals surface area contributed by atoms with E-state index in [0.29, 0.717) is 28.6 Å². The molecule has 1 N–H and O–H groups in total. The topological polar surface area (TPSA) is 94.8 Å². The molecule has 2 aliphatic rings. The molecule has 0 spiro atoms. The average molecular weight is 444 g/mol. The Morgan fingerprint density at radius 1 is 1.29 bits per heavy atom. The summed E-state index contributed by atoms with van der Waals surface area (Å²) in [6.07, 6.45) is 3.29. The number of benzene rings is 2. The minimum Gasteiger partial charge on any atom is -0.264 e. The minimum atomic E-state index is -3.93. The molecule has 10 heteroatoms. The second-order valence-electron chi connectivity index (χ2n) is 7.50. The molecule has 0 aromatic heterocycles. The Morgan fingerprint density at radius 2 is 2.06 bits per heavy atom. The van der Waals surface area contributed by atoms with E-state index in [9.17, 15) is 18.0 Å². The van der Waals surface area contributed by atoms with Crippen molar-refractivity contribution < 1.29 is 22.9 Å². The van der Waals surface area contributed by atoms with Gasteiger partial charge in [-0.2, -0.15) is 13.5 Å². The van der Waals surface area contributed by atoms with E-state index >= 15 is 0 Å². The zero-order chi connectivity index (χ0) is 22.2. The molecule has 162 valence electrons. The maximum absolute atomic E-state index is 13.9. The van der Waals surface area contributed by atoms with Crippen molar-refractivity contribution in [1.82, 2.24) is 5.01 Å². The van der Waals surface area contributed by atoms with Crippen LogP contribution >= 0.6 is 0 Å². The Bertz CT molecular complexity index is 1210. The van der Waals surface area contributed by atoms with Crippen molar-refractivity contribution in [2.24, 2.45) is 15.4 Å². The number of hydrogen-bond acceptors (Lipinski definition) is 7. The van der Waals surface area contributed by atoms with Crippen molar-refractivity contribution >= 4 is 33.3 Å². The fraction of sp³-hybridized carbons (Fsp3) is 0.238. The van der Waals surface area contributed by atoms with Gasteiger partial charge in [0.1, 0.15) is 16.4 Å². The van der Waals surface area contributed by atoms with Gasteiger partial charge < -0.3 is 0 Å². The van der Waals surface area contributed by atoms with Gasteiger partial charge in [-0.3, -0.25) is 5.21 Å². The maximum Gasteiger partial charge on any atom is 0.285 e. The Hall–Kier alpha value is -3.08. The number of hydrazone groups is 1. The molecule has 0 saturated carbocycles. The van der Waals surface area contributed by atoms with Crippen molar-refractivity contribution in [1.29, 1.82) is 0 Å². The lowest BCUT2D eigenvalue weighted by atomic mass is 10.0. The van der Waals surface area contributed by atoms with Gasteiger partial charge in [-0.05, 0) is 36.3 Å². The fourth-order valence-corrected chi connectivity index (χ4v) is 4.54. The Balaban J connectivity index is 1.75. The van der Waals surface area contributed by atoms with Gasteiger partial charge in [-0.1, -0.05) is 32.0 Å². The standard InChI is InChI=1S/C21H21FN4O4S/c1-14(2)13-25(21-18-11-16(22)7-8-20(18)31(28,29)24-21)23-12-15-9-10-30-26(27)19-6-4-3-5-17(15)19/h3-9,11-12,14,27H,10,13H2,1-2H3/b23-12+. The van der Waals surface area contributed by atoms with Gasteiger partial charge in [0.05, 0.1) is 12.8 Å². The van der Waals surface area contributed by atoms with Gasteiger partial charge >= 0.3 is 0 Å². The van der Waals surface area contributed by atoms with E-state index < -0.39 is 15.8 Å². The predicted molar refractivity (Wildman–Crippen MR) is 115 cm³/mol. The molecule has 31 heavy (non-hydrogen) atoms. The van der Waals surface area contributed by atoms with E-state index in [0.717, 1.165) is 12.1 Å². The first-order valence-corrected chi connectivity index (χ1v) is 11.1. The highest BCUT2D eigenvalue weighted by molar-refractivity contribution is 7.90. The third-order valence-corrected chi connectivity index (χ3v) is 6.03. The molecular formula is C21H21FN4O4S. The molecular weight excluding hydrogens is 423 g/mol. The lowest BCUT2D eigenvalue weighted by Gasteiger charge is -2.21. The Kier molecular flexibility index (Phi) is 5.61. The predicted octanol–water partition coefficient (Wildman–Crippen LogP) is 3.44. The molecule has 4 rings (SSSR count). The van der Waals surface area contributed by atoms with E-state index in [1.165, 1.54) is 11.1 Å². The third-order valence-electron chi connectivity index (χ3n) is 4.71.